The second-order valence-corrected chi connectivity index (χ2v) is 8.58. The number of likely N-dealkylation sites (tertiary alicyclic amines) is 1. The molecule has 0 atom stereocenters. The van der Waals surface area contributed by atoms with Crippen LogP contribution in [0.3, 0.4) is 0 Å². The van der Waals surface area contributed by atoms with Crippen LogP contribution in [0.1, 0.15) is 24.8 Å². The van der Waals surface area contributed by atoms with Crippen LogP contribution >= 0.6 is 15.9 Å². The van der Waals surface area contributed by atoms with Gasteiger partial charge in [0.05, 0.1) is 0 Å². The van der Waals surface area contributed by atoms with Gasteiger partial charge < -0.3 is 20.3 Å². The minimum atomic E-state index is -0.147. The molecular formula is C22H23BrN4O4. The first-order chi connectivity index (χ1) is 15.0. The predicted molar refractivity (Wildman–Crippen MR) is 119 cm³/mol. The molecule has 0 unspecified atom stereocenters. The third-order valence-corrected chi connectivity index (χ3v) is 6.00. The number of carbonyl (C=O) groups is 3. The summed E-state index contributed by atoms with van der Waals surface area (Å²) in [6.07, 6.45) is 3.96. The van der Waals surface area contributed by atoms with Crippen LogP contribution in [0.15, 0.2) is 41.0 Å². The first-order valence-electron chi connectivity index (χ1n) is 10.2. The Morgan fingerprint density at radius 1 is 1.19 bits per heavy atom. The van der Waals surface area contributed by atoms with Crippen molar-refractivity contribution in [3.8, 4) is 5.75 Å². The van der Waals surface area contributed by atoms with Crippen LogP contribution in [0, 0.1) is 5.92 Å². The summed E-state index contributed by atoms with van der Waals surface area (Å²) in [5.41, 5.74) is 1.81. The topological polar surface area (TPSA) is 101 Å². The van der Waals surface area contributed by atoms with E-state index in [1.165, 1.54) is 0 Å². The summed E-state index contributed by atoms with van der Waals surface area (Å²) in [5, 5.41) is 5.66. The molecule has 31 heavy (non-hydrogen) atoms. The quantitative estimate of drug-likeness (QED) is 0.676. The summed E-state index contributed by atoms with van der Waals surface area (Å²) in [6.45, 7) is 0.985. The molecule has 9 heteroatoms. The maximum absolute atomic E-state index is 12.5. The number of piperidine rings is 1. The van der Waals surface area contributed by atoms with E-state index < -0.39 is 0 Å². The van der Waals surface area contributed by atoms with Crippen LogP contribution in [0.5, 0.6) is 5.75 Å². The van der Waals surface area contributed by atoms with Crippen molar-refractivity contribution < 1.29 is 19.1 Å². The number of rotatable bonds is 5. The highest BCUT2D eigenvalue weighted by molar-refractivity contribution is 9.10. The molecule has 1 aromatic heterocycles. The number of nitrogens with one attached hydrogen (secondary N) is 2. The van der Waals surface area contributed by atoms with Gasteiger partial charge in [0.15, 0.2) is 6.61 Å². The molecule has 1 aromatic carbocycles. The molecule has 2 aliphatic rings. The lowest BCUT2D eigenvalue weighted by molar-refractivity contribution is -0.136. The molecule has 3 amide bonds. The summed E-state index contributed by atoms with van der Waals surface area (Å²) in [6, 6.07) is 8.99. The number of benzene rings is 1. The number of anilines is 2. The first kappa shape index (κ1) is 21.3. The molecule has 0 bridgehead atoms. The van der Waals surface area contributed by atoms with Crippen molar-refractivity contribution in [1.29, 1.82) is 0 Å². The highest BCUT2D eigenvalue weighted by atomic mass is 79.9. The van der Waals surface area contributed by atoms with Gasteiger partial charge in [-0.3, -0.25) is 14.4 Å². The SMILES string of the molecule is O=C1CCc2cc(OCC(=O)N3CCC(C(=O)Nc4ccc(Br)cn4)CC3)ccc2N1. The lowest BCUT2D eigenvalue weighted by atomic mass is 9.96. The van der Waals surface area contributed by atoms with Gasteiger partial charge in [0, 0.05) is 41.8 Å². The Balaban J connectivity index is 1.23. The Hall–Kier alpha value is -2.94. The third-order valence-electron chi connectivity index (χ3n) is 5.53. The number of pyridine rings is 1. The number of hydrogen-bond acceptors (Lipinski definition) is 5. The van der Waals surface area contributed by atoms with Gasteiger partial charge in [-0.2, -0.15) is 0 Å². The molecule has 162 valence electrons. The largest absolute Gasteiger partial charge is 0.484 e. The normalized spacial score (nSPS) is 16.3. The second kappa shape index (κ2) is 9.47. The number of amides is 3. The number of halogens is 1. The Labute approximate surface area is 188 Å². The number of ether oxygens (including phenoxy) is 1. The van der Waals surface area contributed by atoms with E-state index in [1.807, 2.05) is 12.1 Å². The van der Waals surface area contributed by atoms with Gasteiger partial charge in [-0.1, -0.05) is 0 Å². The summed E-state index contributed by atoms with van der Waals surface area (Å²) in [7, 11) is 0. The fraction of sp³-hybridized carbons (Fsp3) is 0.364. The number of fused-ring (bicyclic) bond motifs is 1. The molecule has 4 rings (SSSR count). The van der Waals surface area contributed by atoms with Crippen LogP contribution in [0.4, 0.5) is 11.5 Å². The van der Waals surface area contributed by atoms with Crippen LogP contribution in [-0.4, -0.2) is 47.3 Å². The standard InChI is InChI=1S/C22H23BrN4O4/c23-16-2-5-19(24-12-16)26-22(30)14-7-9-27(10-8-14)21(29)13-31-17-3-4-18-15(11-17)1-6-20(28)25-18/h2-5,11-12,14H,1,6-10,13H2,(H,25,28)(H,24,26,30). The zero-order valence-corrected chi connectivity index (χ0v) is 18.5. The summed E-state index contributed by atoms with van der Waals surface area (Å²) >= 11 is 3.32. The second-order valence-electron chi connectivity index (χ2n) is 7.66. The van der Waals surface area contributed by atoms with Gasteiger partial charge in [0.25, 0.3) is 5.91 Å². The minimum Gasteiger partial charge on any atom is -0.484 e. The number of carbonyl (C=O) groups excluding carboxylic acids is 3. The van der Waals surface area contributed by atoms with Gasteiger partial charge in [0.2, 0.25) is 11.8 Å². The van der Waals surface area contributed by atoms with Gasteiger partial charge in [-0.25, -0.2) is 4.98 Å². The van der Waals surface area contributed by atoms with Crippen molar-refractivity contribution in [3.05, 3.63) is 46.6 Å². The molecule has 2 aromatic rings. The van der Waals surface area contributed by atoms with E-state index in [4.69, 9.17) is 4.74 Å². The number of aromatic nitrogens is 1. The van der Waals surface area contributed by atoms with E-state index in [1.54, 1.807) is 29.3 Å². The minimum absolute atomic E-state index is 0.0153. The molecule has 8 nitrogen and oxygen atoms in total. The van der Waals surface area contributed by atoms with E-state index in [2.05, 4.69) is 31.5 Å². The molecule has 0 aliphatic carbocycles. The highest BCUT2D eigenvalue weighted by Gasteiger charge is 2.27. The Morgan fingerprint density at radius 2 is 2.00 bits per heavy atom. The fourth-order valence-corrected chi connectivity index (χ4v) is 3.99. The van der Waals surface area contributed by atoms with E-state index in [0.717, 1.165) is 15.7 Å². The molecule has 0 saturated carbocycles. The highest BCUT2D eigenvalue weighted by Crippen LogP contribution is 2.27. The van der Waals surface area contributed by atoms with Gasteiger partial charge >= 0.3 is 0 Å². The monoisotopic (exact) mass is 486 g/mol. The van der Waals surface area contributed by atoms with Crippen molar-refractivity contribution in [2.24, 2.45) is 5.92 Å². The maximum Gasteiger partial charge on any atom is 0.260 e. The van der Waals surface area contributed by atoms with Crippen molar-refractivity contribution >= 4 is 45.2 Å². The van der Waals surface area contributed by atoms with Crippen LogP contribution in [0.2, 0.25) is 0 Å². The van der Waals surface area contributed by atoms with Crippen molar-refractivity contribution in [2.75, 3.05) is 30.3 Å². The lowest BCUT2D eigenvalue weighted by Crippen LogP contribution is -2.43. The number of nitrogens with zero attached hydrogens (tertiary/aromatic N) is 2. The van der Waals surface area contributed by atoms with Crippen LogP contribution < -0.4 is 15.4 Å². The summed E-state index contributed by atoms with van der Waals surface area (Å²) < 4.78 is 6.53. The number of hydrogen-bond donors (Lipinski definition) is 2. The van der Waals surface area contributed by atoms with Gasteiger partial charge in [0.1, 0.15) is 11.6 Å². The maximum atomic E-state index is 12.5. The molecule has 2 aliphatic heterocycles. The van der Waals surface area contributed by atoms with E-state index in [0.29, 0.717) is 50.3 Å². The Morgan fingerprint density at radius 3 is 2.74 bits per heavy atom. The van der Waals surface area contributed by atoms with Gasteiger partial charge in [-0.15, -0.1) is 0 Å². The van der Waals surface area contributed by atoms with E-state index >= 15 is 0 Å². The molecule has 0 radical (unpaired) electrons. The zero-order chi connectivity index (χ0) is 21.8. The molecule has 1 saturated heterocycles. The fourth-order valence-electron chi connectivity index (χ4n) is 3.76. The first-order valence-corrected chi connectivity index (χ1v) is 11.0. The average molecular weight is 487 g/mol. The molecule has 1 fully saturated rings. The summed E-state index contributed by atoms with van der Waals surface area (Å²) in [4.78, 5) is 42.3. The predicted octanol–water partition coefficient (Wildman–Crippen LogP) is 2.98. The molecule has 3 heterocycles. The third kappa shape index (κ3) is 5.41. The van der Waals surface area contributed by atoms with Crippen LogP contribution in [0.25, 0.3) is 0 Å². The average Bonchev–Trinajstić information content (AvgIpc) is 2.79. The molecular weight excluding hydrogens is 464 g/mol. The van der Waals surface area contributed by atoms with Crippen LogP contribution in [-0.2, 0) is 20.8 Å². The molecule has 2 N–H and O–H groups in total. The van der Waals surface area contributed by atoms with Crippen molar-refractivity contribution in [1.82, 2.24) is 9.88 Å². The Bertz CT molecular complexity index is 988. The van der Waals surface area contributed by atoms with E-state index in [9.17, 15) is 14.4 Å². The zero-order valence-electron chi connectivity index (χ0n) is 16.9. The molecule has 0 spiro atoms. The van der Waals surface area contributed by atoms with E-state index in [-0.39, 0.29) is 30.2 Å². The van der Waals surface area contributed by atoms with Gasteiger partial charge in [-0.05, 0) is 71.1 Å². The Kier molecular flexibility index (Phi) is 6.50. The van der Waals surface area contributed by atoms with Crippen molar-refractivity contribution in [2.45, 2.75) is 25.7 Å². The smallest absolute Gasteiger partial charge is 0.260 e. The number of aryl methyl sites for hydroxylation is 1. The summed E-state index contributed by atoms with van der Waals surface area (Å²) in [5.74, 6) is 0.829. The lowest BCUT2D eigenvalue weighted by Gasteiger charge is -2.31. The van der Waals surface area contributed by atoms with Crippen molar-refractivity contribution in [3.63, 3.8) is 0 Å².